The van der Waals surface area contributed by atoms with E-state index in [2.05, 4.69) is 5.32 Å². The standard InChI is InChI=1S/C15H25NO3/c17-13(10-12-6-3-1-2-4-7-12)16-11-15(14(18)19)8-5-9-15/h12H,1-11H2,(H,16,17)(H,18,19). The third kappa shape index (κ3) is 3.71. The zero-order chi connectivity index (χ0) is 13.7. The molecule has 0 saturated heterocycles. The van der Waals surface area contributed by atoms with Gasteiger partial charge in [0.25, 0.3) is 0 Å². The number of hydrogen-bond acceptors (Lipinski definition) is 2. The molecule has 2 aliphatic rings. The number of hydrogen-bond donors (Lipinski definition) is 2. The van der Waals surface area contributed by atoms with Crippen LogP contribution in [0.3, 0.4) is 0 Å². The van der Waals surface area contributed by atoms with E-state index in [0.29, 0.717) is 31.7 Å². The van der Waals surface area contributed by atoms with Crippen LogP contribution in [0.1, 0.15) is 64.2 Å². The molecule has 0 heterocycles. The number of carboxylic acid groups (broad SMARTS) is 1. The van der Waals surface area contributed by atoms with Gasteiger partial charge in [-0.05, 0) is 31.6 Å². The summed E-state index contributed by atoms with van der Waals surface area (Å²) in [6.07, 6.45) is 10.3. The van der Waals surface area contributed by atoms with Crippen LogP contribution >= 0.6 is 0 Å². The maximum atomic E-state index is 11.9. The Morgan fingerprint density at radius 1 is 1.05 bits per heavy atom. The predicted octanol–water partition coefficient (Wildman–Crippen LogP) is 2.72. The number of rotatable bonds is 5. The lowest BCUT2D eigenvalue weighted by molar-refractivity contribution is -0.154. The molecule has 0 bridgehead atoms. The minimum absolute atomic E-state index is 0.0411. The molecule has 2 aliphatic carbocycles. The summed E-state index contributed by atoms with van der Waals surface area (Å²) in [4.78, 5) is 23.1. The van der Waals surface area contributed by atoms with Gasteiger partial charge in [0, 0.05) is 13.0 Å². The highest BCUT2D eigenvalue weighted by molar-refractivity contribution is 5.79. The van der Waals surface area contributed by atoms with Gasteiger partial charge in [-0.3, -0.25) is 9.59 Å². The Morgan fingerprint density at radius 3 is 2.16 bits per heavy atom. The highest BCUT2D eigenvalue weighted by Crippen LogP contribution is 2.40. The van der Waals surface area contributed by atoms with Gasteiger partial charge >= 0.3 is 5.97 Å². The first kappa shape index (κ1) is 14.4. The molecular weight excluding hydrogens is 242 g/mol. The fourth-order valence-corrected chi connectivity index (χ4v) is 3.24. The van der Waals surface area contributed by atoms with Crippen molar-refractivity contribution in [3.63, 3.8) is 0 Å². The molecule has 19 heavy (non-hydrogen) atoms. The molecule has 0 spiro atoms. The fraction of sp³-hybridized carbons (Fsp3) is 0.867. The van der Waals surface area contributed by atoms with Crippen LogP contribution < -0.4 is 5.32 Å². The molecule has 0 aliphatic heterocycles. The number of amides is 1. The van der Waals surface area contributed by atoms with Crippen LogP contribution in [0, 0.1) is 11.3 Å². The lowest BCUT2D eigenvalue weighted by Gasteiger charge is -2.37. The molecule has 2 saturated carbocycles. The van der Waals surface area contributed by atoms with Crippen LogP contribution in [0.2, 0.25) is 0 Å². The lowest BCUT2D eigenvalue weighted by Crippen LogP contribution is -2.47. The summed E-state index contributed by atoms with van der Waals surface area (Å²) < 4.78 is 0. The quantitative estimate of drug-likeness (QED) is 0.753. The van der Waals surface area contributed by atoms with Gasteiger partial charge in [-0.25, -0.2) is 0 Å². The predicted molar refractivity (Wildman–Crippen MR) is 72.7 cm³/mol. The second-order valence-electron chi connectivity index (χ2n) is 6.28. The van der Waals surface area contributed by atoms with Gasteiger partial charge in [0.15, 0.2) is 0 Å². The van der Waals surface area contributed by atoms with E-state index in [9.17, 15) is 14.7 Å². The molecule has 108 valence electrons. The number of carboxylic acids is 1. The Bertz CT molecular complexity index is 328. The summed E-state index contributed by atoms with van der Waals surface area (Å²) in [7, 11) is 0. The highest BCUT2D eigenvalue weighted by Gasteiger charge is 2.44. The van der Waals surface area contributed by atoms with Crippen molar-refractivity contribution in [2.75, 3.05) is 6.54 Å². The minimum atomic E-state index is -0.756. The molecule has 0 aromatic carbocycles. The van der Waals surface area contributed by atoms with Crippen molar-refractivity contribution in [3.05, 3.63) is 0 Å². The van der Waals surface area contributed by atoms with Gasteiger partial charge in [0.1, 0.15) is 0 Å². The monoisotopic (exact) mass is 267 g/mol. The average molecular weight is 267 g/mol. The van der Waals surface area contributed by atoms with Crippen molar-refractivity contribution in [1.82, 2.24) is 5.32 Å². The van der Waals surface area contributed by atoms with Gasteiger partial charge in [0.2, 0.25) is 5.91 Å². The Kier molecular flexibility index (Phi) is 4.83. The summed E-state index contributed by atoms with van der Waals surface area (Å²) >= 11 is 0. The third-order valence-corrected chi connectivity index (χ3v) is 4.84. The topological polar surface area (TPSA) is 66.4 Å². The van der Waals surface area contributed by atoms with Crippen molar-refractivity contribution in [2.24, 2.45) is 11.3 Å². The summed E-state index contributed by atoms with van der Waals surface area (Å²) in [6.45, 7) is 0.313. The Morgan fingerprint density at radius 2 is 1.68 bits per heavy atom. The first-order valence-electron chi connectivity index (χ1n) is 7.62. The maximum absolute atomic E-state index is 11.9. The lowest BCUT2D eigenvalue weighted by atomic mass is 9.69. The molecule has 4 heteroatoms. The largest absolute Gasteiger partial charge is 0.481 e. The van der Waals surface area contributed by atoms with Crippen molar-refractivity contribution < 1.29 is 14.7 Å². The molecule has 0 unspecified atom stereocenters. The van der Waals surface area contributed by atoms with Crippen molar-refractivity contribution in [2.45, 2.75) is 64.2 Å². The molecule has 0 aromatic heterocycles. The molecule has 0 radical (unpaired) electrons. The van der Waals surface area contributed by atoms with Gasteiger partial charge in [-0.15, -0.1) is 0 Å². The molecule has 2 fully saturated rings. The summed E-state index contributed by atoms with van der Waals surface area (Å²) in [5, 5.41) is 12.1. The van der Waals surface area contributed by atoms with Crippen molar-refractivity contribution in [3.8, 4) is 0 Å². The minimum Gasteiger partial charge on any atom is -0.481 e. The van der Waals surface area contributed by atoms with Crippen LogP contribution in [0.25, 0.3) is 0 Å². The summed E-state index contributed by atoms with van der Waals surface area (Å²) in [6, 6.07) is 0. The van der Waals surface area contributed by atoms with E-state index in [0.717, 1.165) is 19.3 Å². The zero-order valence-electron chi connectivity index (χ0n) is 11.6. The molecular formula is C15H25NO3. The first-order chi connectivity index (χ1) is 9.12. The second-order valence-corrected chi connectivity index (χ2v) is 6.28. The van der Waals surface area contributed by atoms with E-state index in [1.54, 1.807) is 0 Å². The first-order valence-corrected chi connectivity index (χ1v) is 7.62. The van der Waals surface area contributed by atoms with Gasteiger partial charge in [0.05, 0.1) is 5.41 Å². The Balaban J connectivity index is 1.73. The average Bonchev–Trinajstić information content (AvgIpc) is 2.55. The maximum Gasteiger partial charge on any atom is 0.311 e. The van der Waals surface area contributed by atoms with Gasteiger partial charge in [-0.1, -0.05) is 32.1 Å². The number of aliphatic carboxylic acids is 1. The highest BCUT2D eigenvalue weighted by atomic mass is 16.4. The zero-order valence-corrected chi connectivity index (χ0v) is 11.6. The summed E-state index contributed by atoms with van der Waals surface area (Å²) in [5.74, 6) is -0.211. The molecule has 0 aromatic rings. The van der Waals surface area contributed by atoms with E-state index < -0.39 is 11.4 Å². The number of carbonyl (C=O) groups is 2. The van der Waals surface area contributed by atoms with Crippen molar-refractivity contribution in [1.29, 1.82) is 0 Å². The Labute approximate surface area is 115 Å². The Hall–Kier alpha value is -1.06. The third-order valence-electron chi connectivity index (χ3n) is 4.84. The molecule has 1 amide bonds. The normalized spacial score (nSPS) is 23.2. The summed E-state index contributed by atoms with van der Waals surface area (Å²) in [5.41, 5.74) is -0.668. The number of nitrogens with one attached hydrogen (secondary N) is 1. The van der Waals surface area contributed by atoms with Gasteiger partial charge < -0.3 is 10.4 Å². The fourth-order valence-electron chi connectivity index (χ4n) is 3.24. The number of carbonyl (C=O) groups excluding carboxylic acids is 1. The van der Waals surface area contributed by atoms with Crippen LogP contribution in [0.5, 0.6) is 0 Å². The van der Waals surface area contributed by atoms with E-state index in [1.807, 2.05) is 0 Å². The molecule has 2 N–H and O–H groups in total. The van der Waals surface area contributed by atoms with Crippen LogP contribution in [-0.2, 0) is 9.59 Å². The SMILES string of the molecule is O=C(CC1CCCCCC1)NCC1(C(=O)O)CCC1. The van der Waals surface area contributed by atoms with Crippen LogP contribution in [-0.4, -0.2) is 23.5 Å². The molecule has 4 nitrogen and oxygen atoms in total. The van der Waals surface area contributed by atoms with Crippen molar-refractivity contribution >= 4 is 11.9 Å². The molecule has 0 atom stereocenters. The van der Waals surface area contributed by atoms with Crippen LogP contribution in [0.15, 0.2) is 0 Å². The van der Waals surface area contributed by atoms with E-state index >= 15 is 0 Å². The van der Waals surface area contributed by atoms with E-state index in [1.165, 1.54) is 25.7 Å². The van der Waals surface area contributed by atoms with E-state index in [-0.39, 0.29) is 5.91 Å². The van der Waals surface area contributed by atoms with Crippen LogP contribution in [0.4, 0.5) is 0 Å². The van der Waals surface area contributed by atoms with Gasteiger partial charge in [-0.2, -0.15) is 0 Å². The second kappa shape index (κ2) is 6.40. The molecule has 2 rings (SSSR count). The smallest absolute Gasteiger partial charge is 0.311 e. The van der Waals surface area contributed by atoms with E-state index in [4.69, 9.17) is 0 Å².